The fraction of sp³-hybridized carbons (Fsp3) is 0.333. The van der Waals surface area contributed by atoms with Gasteiger partial charge in [0.15, 0.2) is 4.77 Å². The number of H-pyrrole nitrogens is 1. The number of quaternary nitrogens is 1. The van der Waals surface area contributed by atoms with Gasteiger partial charge in [-0.1, -0.05) is 18.2 Å². The van der Waals surface area contributed by atoms with E-state index in [1.165, 1.54) is 10.4 Å². The van der Waals surface area contributed by atoms with Gasteiger partial charge in [0, 0.05) is 6.42 Å². The molecule has 4 rings (SSSR count). The third-order valence-corrected chi connectivity index (χ3v) is 6.28. The summed E-state index contributed by atoms with van der Waals surface area (Å²) in [5, 5.41) is 0.829. The zero-order valence-electron chi connectivity index (χ0n) is 13.8. The quantitative estimate of drug-likeness (QED) is 0.691. The summed E-state index contributed by atoms with van der Waals surface area (Å²) < 4.78 is 2.08. The molecule has 4 nitrogen and oxygen atoms in total. The minimum Gasteiger partial charge on any atom is -0.328 e. The highest BCUT2D eigenvalue weighted by atomic mass is 32.1. The monoisotopic (exact) mass is 358 g/mol. The van der Waals surface area contributed by atoms with E-state index >= 15 is 0 Å². The molecule has 1 atom stereocenters. The van der Waals surface area contributed by atoms with Gasteiger partial charge >= 0.3 is 0 Å². The lowest BCUT2D eigenvalue weighted by Gasteiger charge is -2.27. The first kappa shape index (κ1) is 15.7. The molecule has 2 N–H and O–H groups in total. The van der Waals surface area contributed by atoms with Gasteiger partial charge in [0.05, 0.1) is 28.5 Å². The van der Waals surface area contributed by atoms with Gasteiger partial charge in [-0.15, -0.1) is 11.3 Å². The Hall–Kier alpha value is -1.76. The van der Waals surface area contributed by atoms with Crippen molar-refractivity contribution in [2.75, 3.05) is 6.54 Å². The standard InChI is InChI=1S/C18H19N3OS2/c1-11(2)20-9-8-13-14(10-20)24-16-15(13)17(22)21(18(23)19-16)12-6-4-3-5-7-12/h3-7,11H,8-10H2,1-2H3,(H,19,23)/p+1. The number of para-hydroxylation sites is 1. The summed E-state index contributed by atoms with van der Waals surface area (Å²) in [5.74, 6) is 0. The number of hydrogen-bond donors (Lipinski definition) is 2. The van der Waals surface area contributed by atoms with E-state index in [9.17, 15) is 4.79 Å². The van der Waals surface area contributed by atoms with Crippen LogP contribution in [0.4, 0.5) is 0 Å². The highest BCUT2D eigenvalue weighted by Gasteiger charge is 2.27. The molecule has 124 valence electrons. The Bertz CT molecular complexity index is 1010. The molecule has 1 unspecified atom stereocenters. The second-order valence-corrected chi connectivity index (χ2v) is 8.10. The van der Waals surface area contributed by atoms with Crippen LogP contribution >= 0.6 is 23.6 Å². The first-order valence-electron chi connectivity index (χ1n) is 8.26. The predicted molar refractivity (Wildman–Crippen MR) is 101 cm³/mol. The summed E-state index contributed by atoms with van der Waals surface area (Å²) in [7, 11) is 0. The molecular formula is C18H20N3OS2+. The van der Waals surface area contributed by atoms with Crippen molar-refractivity contribution in [3.63, 3.8) is 0 Å². The molecule has 0 spiro atoms. The minimum absolute atomic E-state index is 0.00504. The molecule has 0 saturated carbocycles. The SMILES string of the molecule is CC(C)[NH+]1CCc2c(sc3[nH]c(=S)n(-c4ccccc4)c(=O)c23)C1. The van der Waals surface area contributed by atoms with E-state index in [0.717, 1.165) is 35.4 Å². The fourth-order valence-electron chi connectivity index (χ4n) is 3.48. The molecule has 1 aliphatic rings. The maximum absolute atomic E-state index is 13.2. The van der Waals surface area contributed by atoms with E-state index in [4.69, 9.17) is 12.2 Å². The van der Waals surface area contributed by atoms with Gasteiger partial charge in [-0.3, -0.25) is 9.36 Å². The molecule has 0 fully saturated rings. The molecule has 0 saturated heterocycles. The highest BCUT2D eigenvalue weighted by Crippen LogP contribution is 2.29. The Balaban J connectivity index is 1.95. The average Bonchev–Trinajstić information content (AvgIpc) is 2.93. The molecule has 24 heavy (non-hydrogen) atoms. The van der Waals surface area contributed by atoms with Crippen molar-refractivity contribution in [3.8, 4) is 5.69 Å². The molecule has 2 aromatic heterocycles. The third kappa shape index (κ3) is 2.46. The van der Waals surface area contributed by atoms with Crippen molar-refractivity contribution < 1.29 is 4.90 Å². The smallest absolute Gasteiger partial charge is 0.267 e. The first-order chi connectivity index (χ1) is 11.6. The number of benzene rings is 1. The van der Waals surface area contributed by atoms with Gasteiger partial charge in [0.1, 0.15) is 11.4 Å². The van der Waals surface area contributed by atoms with Crippen LogP contribution in [0.1, 0.15) is 24.3 Å². The van der Waals surface area contributed by atoms with Crippen molar-refractivity contribution in [2.45, 2.75) is 32.9 Å². The highest BCUT2D eigenvalue weighted by molar-refractivity contribution is 7.71. The second-order valence-electron chi connectivity index (χ2n) is 6.60. The summed E-state index contributed by atoms with van der Waals surface area (Å²) in [6, 6.07) is 10.2. The molecule has 0 aliphatic carbocycles. The summed E-state index contributed by atoms with van der Waals surface area (Å²) in [4.78, 5) is 20.3. The number of thiophene rings is 1. The lowest BCUT2D eigenvalue weighted by atomic mass is 10.0. The van der Waals surface area contributed by atoms with E-state index in [0.29, 0.717) is 10.8 Å². The van der Waals surface area contributed by atoms with Crippen molar-refractivity contribution in [1.82, 2.24) is 9.55 Å². The van der Waals surface area contributed by atoms with Crippen LogP contribution in [0, 0.1) is 4.77 Å². The molecule has 0 bridgehead atoms. The zero-order valence-corrected chi connectivity index (χ0v) is 15.4. The largest absolute Gasteiger partial charge is 0.328 e. The van der Waals surface area contributed by atoms with Crippen LogP contribution in [0.3, 0.4) is 0 Å². The van der Waals surface area contributed by atoms with Gasteiger partial charge in [0.2, 0.25) is 0 Å². The Kier molecular flexibility index (Phi) is 3.90. The lowest BCUT2D eigenvalue weighted by molar-refractivity contribution is -0.936. The van der Waals surface area contributed by atoms with Crippen LogP contribution in [0.2, 0.25) is 0 Å². The van der Waals surface area contributed by atoms with E-state index < -0.39 is 0 Å². The van der Waals surface area contributed by atoms with Crippen molar-refractivity contribution in [2.24, 2.45) is 0 Å². The van der Waals surface area contributed by atoms with Crippen LogP contribution < -0.4 is 10.5 Å². The van der Waals surface area contributed by atoms with E-state index in [1.54, 1.807) is 20.8 Å². The topological polar surface area (TPSA) is 42.2 Å². The Labute approximate surface area is 149 Å². The van der Waals surface area contributed by atoms with Crippen LogP contribution in [-0.4, -0.2) is 22.1 Å². The maximum Gasteiger partial charge on any atom is 0.267 e. The van der Waals surface area contributed by atoms with Gasteiger partial charge < -0.3 is 9.88 Å². The number of nitrogens with one attached hydrogen (secondary N) is 2. The minimum atomic E-state index is 0.00504. The Morgan fingerprint density at radius 2 is 2.04 bits per heavy atom. The summed E-state index contributed by atoms with van der Waals surface area (Å²) in [5.41, 5.74) is 2.04. The number of hydrogen-bond acceptors (Lipinski definition) is 3. The molecule has 0 amide bonds. The van der Waals surface area contributed by atoms with Gasteiger partial charge in [-0.05, 0) is 43.8 Å². The number of aromatic amines is 1. The number of nitrogens with zero attached hydrogens (tertiary/aromatic N) is 1. The van der Waals surface area contributed by atoms with Gasteiger partial charge in [0.25, 0.3) is 5.56 Å². The zero-order chi connectivity index (χ0) is 16.8. The number of fused-ring (bicyclic) bond motifs is 3. The average molecular weight is 359 g/mol. The van der Waals surface area contributed by atoms with Crippen LogP contribution in [0.25, 0.3) is 15.9 Å². The molecule has 1 aliphatic heterocycles. The molecule has 1 aromatic carbocycles. The molecule has 6 heteroatoms. The third-order valence-electron chi connectivity index (χ3n) is 4.85. The summed E-state index contributed by atoms with van der Waals surface area (Å²) >= 11 is 7.16. The van der Waals surface area contributed by atoms with Gasteiger partial charge in [-0.2, -0.15) is 0 Å². The predicted octanol–water partition coefficient (Wildman–Crippen LogP) is 2.46. The van der Waals surface area contributed by atoms with E-state index in [1.807, 2.05) is 30.3 Å². The normalized spacial score (nSPS) is 17.4. The molecule has 3 aromatic rings. The van der Waals surface area contributed by atoms with E-state index in [2.05, 4.69) is 18.8 Å². The Morgan fingerprint density at radius 1 is 1.29 bits per heavy atom. The second kappa shape index (κ2) is 5.95. The Morgan fingerprint density at radius 3 is 2.75 bits per heavy atom. The van der Waals surface area contributed by atoms with Crippen molar-refractivity contribution in [3.05, 3.63) is 55.9 Å². The van der Waals surface area contributed by atoms with Crippen LogP contribution in [-0.2, 0) is 13.0 Å². The fourth-order valence-corrected chi connectivity index (χ4v) is 5.12. The van der Waals surface area contributed by atoms with Crippen LogP contribution in [0.15, 0.2) is 35.1 Å². The van der Waals surface area contributed by atoms with Crippen molar-refractivity contribution in [1.29, 1.82) is 0 Å². The first-order valence-corrected chi connectivity index (χ1v) is 9.48. The van der Waals surface area contributed by atoms with Crippen LogP contribution in [0.5, 0.6) is 0 Å². The lowest BCUT2D eigenvalue weighted by Crippen LogP contribution is -3.14. The molecule has 3 heterocycles. The summed E-state index contributed by atoms with van der Waals surface area (Å²) in [6.45, 7) is 6.58. The maximum atomic E-state index is 13.2. The van der Waals surface area contributed by atoms with E-state index in [-0.39, 0.29) is 5.56 Å². The molecular weight excluding hydrogens is 338 g/mol. The van der Waals surface area contributed by atoms with Crippen molar-refractivity contribution >= 4 is 33.8 Å². The van der Waals surface area contributed by atoms with Gasteiger partial charge in [-0.25, -0.2) is 0 Å². The summed E-state index contributed by atoms with van der Waals surface area (Å²) in [6.07, 6.45) is 0.956. The number of aromatic nitrogens is 2. The number of rotatable bonds is 2. The molecule has 0 radical (unpaired) electrons.